The first-order chi connectivity index (χ1) is 5.90. The molecule has 0 amide bonds. The summed E-state index contributed by atoms with van der Waals surface area (Å²) in [4.78, 5) is 2.45. The number of hydrogen-bond donors (Lipinski definition) is 0. The molecule has 0 N–H and O–H groups in total. The molecule has 4 atom stereocenters. The van der Waals surface area contributed by atoms with Crippen molar-refractivity contribution in [1.82, 2.24) is 4.90 Å². The second kappa shape index (κ2) is 3.84. The van der Waals surface area contributed by atoms with Gasteiger partial charge in [0, 0.05) is 11.3 Å². The largest absolute Gasteiger partial charge is 0.353 e. The van der Waals surface area contributed by atoms with Gasteiger partial charge in [0.2, 0.25) is 0 Å². The molecule has 0 spiro atoms. The Labute approximate surface area is 84.2 Å². The van der Waals surface area contributed by atoms with E-state index < -0.39 is 0 Å². The molecule has 13 heavy (non-hydrogen) atoms. The van der Waals surface area contributed by atoms with Crippen LogP contribution in [-0.4, -0.2) is 28.6 Å². The van der Waals surface area contributed by atoms with E-state index in [1.807, 2.05) is 0 Å². The van der Waals surface area contributed by atoms with Gasteiger partial charge < -0.3 is 4.74 Å². The van der Waals surface area contributed by atoms with Gasteiger partial charge in [-0.25, -0.2) is 0 Å². The lowest BCUT2D eigenvalue weighted by atomic mass is 9.99. The van der Waals surface area contributed by atoms with Gasteiger partial charge in [-0.3, -0.25) is 4.90 Å². The molecule has 1 aliphatic heterocycles. The molecule has 1 heterocycles. The number of nitrogens with zero attached hydrogens (tertiary/aromatic N) is 1. The predicted octanol–water partition coefficient (Wildman–Crippen LogP) is 2.44. The molecule has 1 rings (SSSR count). The average Bonchev–Trinajstić information content (AvgIpc) is 2.66. The van der Waals surface area contributed by atoms with Crippen LogP contribution in [-0.2, 0) is 4.74 Å². The molecule has 1 saturated heterocycles. The maximum atomic E-state index is 5.54. The highest BCUT2D eigenvalue weighted by Gasteiger charge is 2.46. The monoisotopic (exact) mass is 203 g/mol. The van der Waals surface area contributed by atoms with Gasteiger partial charge in [0.1, 0.15) is 6.23 Å². The summed E-state index contributed by atoms with van der Waals surface area (Å²) in [5, 5.41) is 0. The van der Waals surface area contributed by atoms with Crippen molar-refractivity contribution < 1.29 is 4.74 Å². The van der Waals surface area contributed by atoms with Gasteiger partial charge in [-0.15, -0.1) is 9.24 Å². The number of rotatable bonds is 4. The van der Waals surface area contributed by atoms with Gasteiger partial charge in [-0.2, -0.15) is 0 Å². The predicted molar refractivity (Wildman–Crippen MR) is 59.7 cm³/mol. The van der Waals surface area contributed by atoms with Crippen LogP contribution < -0.4 is 0 Å². The summed E-state index contributed by atoms with van der Waals surface area (Å²) in [7, 11) is 2.86. The van der Waals surface area contributed by atoms with E-state index in [4.69, 9.17) is 4.74 Å². The van der Waals surface area contributed by atoms with Gasteiger partial charge in [0.15, 0.2) is 0 Å². The Bertz CT molecular complexity index is 182. The zero-order valence-electron chi connectivity index (χ0n) is 9.37. The van der Waals surface area contributed by atoms with Gasteiger partial charge >= 0.3 is 0 Å². The Morgan fingerprint density at radius 2 is 2.00 bits per heavy atom. The van der Waals surface area contributed by atoms with Gasteiger partial charge in [-0.05, 0) is 34.1 Å². The summed E-state index contributed by atoms with van der Waals surface area (Å²) < 4.78 is 5.54. The maximum Gasteiger partial charge on any atom is 0.138 e. The third kappa shape index (κ3) is 2.43. The Hall–Kier alpha value is 0.350. The number of ether oxygens (including phenoxy) is 1. The Balaban J connectivity index is 2.68. The molecule has 0 aliphatic carbocycles. The highest BCUT2D eigenvalue weighted by molar-refractivity contribution is 7.17. The van der Waals surface area contributed by atoms with E-state index in [-0.39, 0.29) is 5.54 Å². The molecule has 0 radical (unpaired) electrons. The molecule has 0 bridgehead atoms. The molecule has 3 heteroatoms. The second-order valence-electron chi connectivity index (χ2n) is 4.55. The molecular weight excluding hydrogens is 181 g/mol. The van der Waals surface area contributed by atoms with Crippen LogP contribution in [0.25, 0.3) is 0 Å². The molecule has 0 aromatic carbocycles. The summed E-state index contributed by atoms with van der Waals surface area (Å²) in [6.45, 7) is 11.1. The lowest BCUT2D eigenvalue weighted by molar-refractivity contribution is 0.0547. The van der Waals surface area contributed by atoms with Crippen LogP contribution in [0, 0.1) is 0 Å². The summed E-state index contributed by atoms with van der Waals surface area (Å²) in [6.07, 6.45) is 1.90. The fourth-order valence-electron chi connectivity index (χ4n) is 1.78. The van der Waals surface area contributed by atoms with Crippen LogP contribution in [0.3, 0.4) is 0 Å². The van der Waals surface area contributed by atoms with E-state index in [1.54, 1.807) is 0 Å². The van der Waals surface area contributed by atoms with Crippen molar-refractivity contribution in [2.45, 2.75) is 64.7 Å². The van der Waals surface area contributed by atoms with E-state index in [0.29, 0.717) is 18.1 Å². The Morgan fingerprint density at radius 1 is 1.54 bits per heavy atom. The van der Waals surface area contributed by atoms with Gasteiger partial charge in [0.05, 0.1) is 6.10 Å². The first-order valence-electron chi connectivity index (χ1n) is 5.09. The highest BCUT2D eigenvalue weighted by atomic mass is 31.0. The summed E-state index contributed by atoms with van der Waals surface area (Å²) in [5.41, 5.74) is 0.233. The molecule has 4 unspecified atom stereocenters. The molecule has 2 nitrogen and oxygen atoms in total. The lowest BCUT2D eigenvalue weighted by Crippen LogP contribution is -2.48. The Morgan fingerprint density at radius 3 is 2.23 bits per heavy atom. The third-order valence-corrected chi connectivity index (χ3v) is 3.28. The summed E-state index contributed by atoms with van der Waals surface area (Å²) in [5.74, 6) is 0.477. The van der Waals surface area contributed by atoms with E-state index in [9.17, 15) is 0 Å². The minimum atomic E-state index is 0.233. The van der Waals surface area contributed by atoms with Gasteiger partial charge in [0.25, 0.3) is 0 Å². The first kappa shape index (κ1) is 11.4. The topological polar surface area (TPSA) is 15.8 Å². The molecule has 0 aromatic heterocycles. The summed E-state index contributed by atoms with van der Waals surface area (Å²) >= 11 is 0. The first-order valence-corrected chi connectivity index (χ1v) is 5.76. The minimum absolute atomic E-state index is 0.233. The summed E-state index contributed by atoms with van der Waals surface area (Å²) in [6, 6.07) is 0. The van der Waals surface area contributed by atoms with Crippen molar-refractivity contribution in [2.24, 2.45) is 0 Å². The van der Waals surface area contributed by atoms with Crippen LogP contribution in [0.5, 0.6) is 0 Å². The number of epoxide rings is 1. The van der Waals surface area contributed by atoms with Crippen LogP contribution in [0.1, 0.15) is 41.0 Å². The zero-order valence-corrected chi connectivity index (χ0v) is 10.5. The fourth-order valence-corrected chi connectivity index (χ4v) is 2.35. The normalized spacial score (nSPS) is 30.7. The van der Waals surface area contributed by atoms with Crippen molar-refractivity contribution in [2.75, 3.05) is 0 Å². The number of hydrogen-bond acceptors (Lipinski definition) is 2. The zero-order chi connectivity index (χ0) is 10.2. The van der Waals surface area contributed by atoms with Crippen LogP contribution in [0.4, 0.5) is 0 Å². The van der Waals surface area contributed by atoms with Crippen molar-refractivity contribution in [3.63, 3.8) is 0 Å². The molecule has 0 saturated carbocycles. The SMILES string of the molecule is CCC(C)(C)N(C(C)P)C1OC1C. The van der Waals surface area contributed by atoms with Crippen molar-refractivity contribution >= 4 is 9.24 Å². The minimum Gasteiger partial charge on any atom is -0.353 e. The molecule has 1 aliphatic rings. The van der Waals surface area contributed by atoms with Crippen LogP contribution >= 0.6 is 9.24 Å². The molecule has 1 fully saturated rings. The van der Waals surface area contributed by atoms with Crippen molar-refractivity contribution in [1.29, 1.82) is 0 Å². The van der Waals surface area contributed by atoms with Crippen LogP contribution in [0.2, 0.25) is 0 Å². The fraction of sp³-hybridized carbons (Fsp3) is 1.00. The Kier molecular flexibility index (Phi) is 3.38. The second-order valence-corrected chi connectivity index (χ2v) is 5.51. The van der Waals surface area contributed by atoms with E-state index in [0.717, 1.165) is 6.42 Å². The average molecular weight is 203 g/mol. The molecule has 0 aromatic rings. The van der Waals surface area contributed by atoms with E-state index >= 15 is 0 Å². The van der Waals surface area contributed by atoms with E-state index in [1.165, 1.54) is 0 Å². The lowest BCUT2D eigenvalue weighted by Gasteiger charge is -2.39. The third-order valence-electron chi connectivity index (χ3n) is 2.96. The van der Waals surface area contributed by atoms with E-state index in [2.05, 4.69) is 48.8 Å². The highest BCUT2D eigenvalue weighted by Crippen LogP contribution is 2.36. The maximum absolute atomic E-state index is 5.54. The molecule has 78 valence electrons. The quantitative estimate of drug-likeness (QED) is 0.515. The van der Waals surface area contributed by atoms with Crippen molar-refractivity contribution in [3.05, 3.63) is 0 Å². The smallest absolute Gasteiger partial charge is 0.138 e. The van der Waals surface area contributed by atoms with Gasteiger partial charge in [-0.1, -0.05) is 6.92 Å². The molecular formula is C10H22NOP. The van der Waals surface area contributed by atoms with Crippen LogP contribution in [0.15, 0.2) is 0 Å². The standard InChI is InChI=1S/C10H22NOP/c1-6-10(4,5)11(8(3)13)9-7(2)12-9/h7-9H,6,13H2,1-5H3. The van der Waals surface area contributed by atoms with Crippen molar-refractivity contribution in [3.8, 4) is 0 Å².